The van der Waals surface area contributed by atoms with Crippen molar-refractivity contribution < 1.29 is 14.3 Å². The van der Waals surface area contributed by atoms with Gasteiger partial charge in [0.15, 0.2) is 0 Å². The van der Waals surface area contributed by atoms with Gasteiger partial charge < -0.3 is 15.4 Å². The van der Waals surface area contributed by atoms with Gasteiger partial charge in [-0.2, -0.15) is 0 Å². The van der Waals surface area contributed by atoms with Gasteiger partial charge in [0.05, 0.1) is 12.5 Å². The largest absolute Gasteiger partial charge is 0.461 e. The van der Waals surface area contributed by atoms with E-state index in [0.29, 0.717) is 6.54 Å². The molecule has 0 saturated heterocycles. The van der Waals surface area contributed by atoms with Crippen molar-refractivity contribution in [3.8, 4) is 0 Å². The van der Waals surface area contributed by atoms with Crippen LogP contribution >= 0.6 is 0 Å². The van der Waals surface area contributed by atoms with Crippen LogP contribution in [-0.4, -0.2) is 43.0 Å². The van der Waals surface area contributed by atoms with E-state index in [1.807, 2.05) is 6.92 Å². The Morgan fingerprint density at radius 2 is 2.20 bits per heavy atom. The van der Waals surface area contributed by atoms with E-state index in [2.05, 4.69) is 6.58 Å². The summed E-state index contributed by atoms with van der Waals surface area (Å²) in [7, 11) is 1.64. The lowest BCUT2D eigenvalue weighted by molar-refractivity contribution is -0.145. The van der Waals surface area contributed by atoms with Gasteiger partial charge in [-0.05, 0) is 6.92 Å². The molecule has 5 nitrogen and oxygen atoms in total. The average Bonchev–Trinajstić information content (AvgIpc) is 2.23. The first kappa shape index (κ1) is 13.6. The fourth-order valence-corrected chi connectivity index (χ4v) is 0.917. The van der Waals surface area contributed by atoms with Crippen LogP contribution in [0.25, 0.3) is 0 Å². The van der Waals surface area contributed by atoms with Gasteiger partial charge in [0.1, 0.15) is 6.61 Å². The first-order chi connectivity index (χ1) is 7.02. The molecule has 0 heterocycles. The molecule has 0 aromatic heterocycles. The predicted molar refractivity (Wildman–Crippen MR) is 57.1 cm³/mol. The summed E-state index contributed by atoms with van der Waals surface area (Å²) in [6.45, 7) is 5.94. The number of likely N-dealkylation sites (N-methyl/N-ethyl adjacent to an activating group) is 1. The topological polar surface area (TPSA) is 72.6 Å². The van der Waals surface area contributed by atoms with Crippen molar-refractivity contribution in [1.29, 1.82) is 0 Å². The molecule has 0 bridgehead atoms. The molecule has 0 radical (unpaired) electrons. The zero-order valence-corrected chi connectivity index (χ0v) is 9.23. The summed E-state index contributed by atoms with van der Waals surface area (Å²) in [5.41, 5.74) is 5.55. The fraction of sp³-hybridized carbons (Fsp3) is 0.600. The van der Waals surface area contributed by atoms with Gasteiger partial charge >= 0.3 is 5.97 Å². The third-order valence-corrected chi connectivity index (χ3v) is 1.92. The predicted octanol–water partition coefficient (Wildman–Crippen LogP) is -0.0887. The molecule has 0 fully saturated rings. The van der Waals surface area contributed by atoms with Crippen molar-refractivity contribution in [2.75, 3.05) is 20.2 Å². The molecule has 0 aliphatic heterocycles. The Labute approximate surface area is 89.9 Å². The minimum atomic E-state index is -0.827. The van der Waals surface area contributed by atoms with Gasteiger partial charge in [-0.1, -0.05) is 12.7 Å². The molecule has 0 rings (SSSR count). The first-order valence-corrected chi connectivity index (χ1v) is 4.80. The number of nitrogens with two attached hydrogens (primary N) is 1. The molecule has 0 aromatic rings. The molecule has 0 aromatic carbocycles. The molecule has 86 valence electrons. The first-order valence-electron chi connectivity index (χ1n) is 4.80. The lowest BCUT2D eigenvalue weighted by atomic mass is 10.2. The fourth-order valence-electron chi connectivity index (χ4n) is 0.917. The van der Waals surface area contributed by atoms with Crippen LogP contribution < -0.4 is 5.73 Å². The molecule has 0 spiro atoms. The highest BCUT2D eigenvalue weighted by Crippen LogP contribution is 1.97. The molecular formula is C10H18N2O3. The van der Waals surface area contributed by atoms with Gasteiger partial charge in [-0.3, -0.25) is 9.59 Å². The number of rotatable bonds is 6. The van der Waals surface area contributed by atoms with E-state index in [0.717, 1.165) is 0 Å². The van der Waals surface area contributed by atoms with Crippen molar-refractivity contribution in [3.63, 3.8) is 0 Å². The number of nitrogens with zero attached hydrogens (tertiary/aromatic N) is 1. The van der Waals surface area contributed by atoms with E-state index in [-0.39, 0.29) is 18.9 Å². The SMILES string of the molecule is C=CCOC(=O)C[C@H](N)C(=O)N(C)CC. The minimum Gasteiger partial charge on any atom is -0.461 e. The zero-order chi connectivity index (χ0) is 11.8. The number of carbonyl (C=O) groups is 2. The zero-order valence-electron chi connectivity index (χ0n) is 9.23. The Hall–Kier alpha value is -1.36. The third-order valence-electron chi connectivity index (χ3n) is 1.92. The second-order valence-corrected chi connectivity index (χ2v) is 3.13. The van der Waals surface area contributed by atoms with E-state index in [4.69, 9.17) is 10.5 Å². The van der Waals surface area contributed by atoms with Gasteiger partial charge in [0.25, 0.3) is 0 Å². The Morgan fingerprint density at radius 1 is 1.60 bits per heavy atom. The summed E-state index contributed by atoms with van der Waals surface area (Å²) in [6, 6.07) is -0.827. The van der Waals surface area contributed by atoms with Crippen LogP contribution in [0.15, 0.2) is 12.7 Å². The maximum absolute atomic E-state index is 11.5. The quantitative estimate of drug-likeness (QED) is 0.495. The highest BCUT2D eigenvalue weighted by atomic mass is 16.5. The van der Waals surface area contributed by atoms with E-state index < -0.39 is 12.0 Å². The summed E-state index contributed by atoms with van der Waals surface area (Å²) in [5.74, 6) is -0.742. The monoisotopic (exact) mass is 214 g/mol. The van der Waals surface area contributed by atoms with Crippen molar-refractivity contribution in [1.82, 2.24) is 4.90 Å². The number of esters is 1. The smallest absolute Gasteiger partial charge is 0.308 e. The summed E-state index contributed by atoms with van der Waals surface area (Å²) in [4.78, 5) is 24.0. The number of ether oxygens (including phenoxy) is 1. The number of hydrogen-bond acceptors (Lipinski definition) is 4. The molecule has 15 heavy (non-hydrogen) atoms. The highest BCUT2D eigenvalue weighted by molar-refractivity contribution is 5.86. The Kier molecular flexibility index (Phi) is 6.37. The lowest BCUT2D eigenvalue weighted by Crippen LogP contribution is -2.43. The van der Waals surface area contributed by atoms with Gasteiger partial charge in [-0.15, -0.1) is 0 Å². The molecule has 2 N–H and O–H groups in total. The molecule has 0 unspecified atom stereocenters. The summed E-state index contributed by atoms with van der Waals surface area (Å²) in [6.07, 6.45) is 1.36. The van der Waals surface area contributed by atoms with Crippen LogP contribution in [0.5, 0.6) is 0 Å². The van der Waals surface area contributed by atoms with E-state index in [1.54, 1.807) is 7.05 Å². The van der Waals surface area contributed by atoms with E-state index >= 15 is 0 Å². The third kappa shape index (κ3) is 5.17. The maximum atomic E-state index is 11.5. The molecule has 1 atom stereocenters. The molecule has 1 amide bonds. The van der Waals surface area contributed by atoms with Gasteiger partial charge in [-0.25, -0.2) is 0 Å². The van der Waals surface area contributed by atoms with E-state index in [9.17, 15) is 9.59 Å². The normalized spacial score (nSPS) is 11.7. The van der Waals surface area contributed by atoms with E-state index in [1.165, 1.54) is 11.0 Å². The summed E-state index contributed by atoms with van der Waals surface area (Å²) < 4.78 is 4.72. The summed E-state index contributed by atoms with van der Waals surface area (Å²) in [5, 5.41) is 0. The van der Waals surface area contributed by atoms with Gasteiger partial charge in [0, 0.05) is 13.6 Å². The van der Waals surface area contributed by atoms with Crippen LogP contribution in [0.1, 0.15) is 13.3 Å². The second kappa shape index (κ2) is 7.00. The van der Waals surface area contributed by atoms with Crippen LogP contribution in [-0.2, 0) is 14.3 Å². The summed E-state index contributed by atoms with van der Waals surface area (Å²) >= 11 is 0. The molecule has 0 saturated carbocycles. The Morgan fingerprint density at radius 3 is 2.67 bits per heavy atom. The van der Waals surface area contributed by atoms with Crippen LogP contribution in [0.4, 0.5) is 0 Å². The number of carbonyl (C=O) groups excluding carboxylic acids is 2. The van der Waals surface area contributed by atoms with Crippen molar-refractivity contribution in [2.45, 2.75) is 19.4 Å². The second-order valence-electron chi connectivity index (χ2n) is 3.13. The standard InChI is InChI=1S/C10H18N2O3/c1-4-6-15-9(13)7-8(11)10(14)12(3)5-2/h4,8H,1,5-7,11H2,2-3H3/t8-/m0/s1. The lowest BCUT2D eigenvalue weighted by Gasteiger charge is -2.18. The molecule has 5 heteroatoms. The van der Waals surface area contributed by atoms with Crippen molar-refractivity contribution in [2.24, 2.45) is 5.73 Å². The molecule has 0 aliphatic carbocycles. The van der Waals surface area contributed by atoms with Crippen LogP contribution in [0.2, 0.25) is 0 Å². The minimum absolute atomic E-state index is 0.100. The van der Waals surface area contributed by atoms with Crippen molar-refractivity contribution >= 4 is 11.9 Å². The van der Waals surface area contributed by atoms with Crippen molar-refractivity contribution in [3.05, 3.63) is 12.7 Å². The van der Waals surface area contributed by atoms with Gasteiger partial charge in [0.2, 0.25) is 5.91 Å². The maximum Gasteiger partial charge on any atom is 0.308 e. The Balaban J connectivity index is 4.01. The average molecular weight is 214 g/mol. The molecular weight excluding hydrogens is 196 g/mol. The number of hydrogen-bond donors (Lipinski definition) is 1. The number of amides is 1. The van der Waals surface area contributed by atoms with Crippen LogP contribution in [0.3, 0.4) is 0 Å². The highest BCUT2D eigenvalue weighted by Gasteiger charge is 2.20. The molecule has 0 aliphatic rings. The van der Waals surface area contributed by atoms with Crippen LogP contribution in [0, 0.1) is 0 Å². The Bertz CT molecular complexity index is 241.